The van der Waals surface area contributed by atoms with E-state index in [1.165, 1.54) is 24.3 Å². The van der Waals surface area contributed by atoms with Crippen molar-refractivity contribution in [3.05, 3.63) is 54.3 Å². The lowest BCUT2D eigenvalue weighted by atomic mass is 10.2. The Morgan fingerprint density at radius 2 is 1.74 bits per heavy atom. The van der Waals surface area contributed by atoms with E-state index in [1.54, 1.807) is 24.3 Å². The third kappa shape index (κ3) is 3.80. The van der Waals surface area contributed by atoms with E-state index in [1.807, 2.05) is 4.90 Å². The van der Waals surface area contributed by atoms with Gasteiger partial charge < -0.3 is 9.64 Å². The summed E-state index contributed by atoms with van der Waals surface area (Å²) < 4.78 is 46.2. The Kier molecular flexibility index (Phi) is 4.49. The van der Waals surface area contributed by atoms with Gasteiger partial charge in [-0.25, -0.2) is 12.8 Å². The van der Waals surface area contributed by atoms with Crippen molar-refractivity contribution in [2.24, 2.45) is 0 Å². The van der Waals surface area contributed by atoms with Crippen LogP contribution in [0.5, 0.6) is 0 Å². The molecule has 1 heterocycles. The maximum Gasteiger partial charge on any atom is 0.261 e. The number of halogens is 1. The lowest BCUT2D eigenvalue weighted by Crippen LogP contribution is -2.36. The topological polar surface area (TPSA) is 58.6 Å². The van der Waals surface area contributed by atoms with E-state index in [2.05, 4.69) is 4.72 Å². The van der Waals surface area contributed by atoms with Gasteiger partial charge in [0.15, 0.2) is 0 Å². The van der Waals surface area contributed by atoms with Crippen LogP contribution in [0.15, 0.2) is 53.4 Å². The van der Waals surface area contributed by atoms with Crippen LogP contribution in [0.3, 0.4) is 0 Å². The Morgan fingerprint density at radius 1 is 1.04 bits per heavy atom. The molecule has 0 amide bonds. The zero-order valence-electron chi connectivity index (χ0n) is 12.4. The first-order valence-electron chi connectivity index (χ1n) is 7.26. The van der Waals surface area contributed by atoms with Crippen molar-refractivity contribution in [1.29, 1.82) is 0 Å². The van der Waals surface area contributed by atoms with Gasteiger partial charge in [0.05, 0.1) is 23.8 Å². The predicted octanol–water partition coefficient (Wildman–Crippen LogP) is 2.46. The molecular weight excluding hydrogens is 319 g/mol. The molecule has 3 rings (SSSR count). The Hall–Kier alpha value is -2.12. The third-order valence-electron chi connectivity index (χ3n) is 3.56. The van der Waals surface area contributed by atoms with E-state index >= 15 is 0 Å². The van der Waals surface area contributed by atoms with Gasteiger partial charge >= 0.3 is 0 Å². The van der Waals surface area contributed by atoms with Crippen LogP contribution in [0.25, 0.3) is 0 Å². The molecule has 0 atom stereocenters. The number of ether oxygens (including phenoxy) is 1. The van der Waals surface area contributed by atoms with E-state index in [0.29, 0.717) is 32.0 Å². The predicted molar refractivity (Wildman–Crippen MR) is 86.7 cm³/mol. The number of benzene rings is 2. The summed E-state index contributed by atoms with van der Waals surface area (Å²) in [6, 6.07) is 12.2. The fraction of sp³-hybridized carbons (Fsp3) is 0.250. The Bertz CT molecular complexity index is 775. The highest BCUT2D eigenvalue weighted by Crippen LogP contribution is 2.24. The highest BCUT2D eigenvalue weighted by molar-refractivity contribution is 7.92. The highest BCUT2D eigenvalue weighted by Gasteiger charge is 2.17. The second-order valence-corrected chi connectivity index (χ2v) is 6.90. The van der Waals surface area contributed by atoms with E-state index in [-0.39, 0.29) is 10.6 Å². The molecule has 0 aliphatic carbocycles. The molecule has 122 valence electrons. The van der Waals surface area contributed by atoms with E-state index in [4.69, 9.17) is 4.74 Å². The number of hydrogen-bond donors (Lipinski definition) is 1. The van der Waals surface area contributed by atoms with Crippen LogP contribution in [0, 0.1) is 5.82 Å². The molecular formula is C16H17FN2O3S. The molecule has 0 spiro atoms. The van der Waals surface area contributed by atoms with Crippen LogP contribution in [-0.4, -0.2) is 34.7 Å². The van der Waals surface area contributed by atoms with Crippen molar-refractivity contribution in [1.82, 2.24) is 0 Å². The molecule has 0 aromatic heterocycles. The van der Waals surface area contributed by atoms with Gasteiger partial charge in [-0.05, 0) is 30.3 Å². The molecule has 0 unspecified atom stereocenters. The Morgan fingerprint density at radius 3 is 2.43 bits per heavy atom. The molecule has 0 saturated carbocycles. The minimum Gasteiger partial charge on any atom is -0.378 e. The molecule has 0 bridgehead atoms. The van der Waals surface area contributed by atoms with Gasteiger partial charge in [-0.1, -0.05) is 18.2 Å². The lowest BCUT2D eigenvalue weighted by Gasteiger charge is -2.29. The zero-order chi connectivity index (χ0) is 16.3. The number of anilines is 2. The van der Waals surface area contributed by atoms with Crippen molar-refractivity contribution in [3.63, 3.8) is 0 Å². The van der Waals surface area contributed by atoms with Crippen LogP contribution < -0.4 is 9.62 Å². The first kappa shape index (κ1) is 15.8. The number of sulfonamides is 1. The summed E-state index contributed by atoms with van der Waals surface area (Å²) in [5.74, 6) is -0.486. The second kappa shape index (κ2) is 6.55. The molecule has 1 N–H and O–H groups in total. The monoisotopic (exact) mass is 336 g/mol. The number of rotatable bonds is 4. The van der Waals surface area contributed by atoms with E-state index in [9.17, 15) is 12.8 Å². The van der Waals surface area contributed by atoms with Gasteiger partial charge in [-0.3, -0.25) is 4.72 Å². The molecule has 2 aromatic carbocycles. The number of hydrogen-bond acceptors (Lipinski definition) is 4. The van der Waals surface area contributed by atoms with Crippen molar-refractivity contribution in [3.8, 4) is 0 Å². The largest absolute Gasteiger partial charge is 0.378 e. The summed E-state index contributed by atoms with van der Waals surface area (Å²) in [6.45, 7) is 2.44. The van der Waals surface area contributed by atoms with Gasteiger partial charge in [0.25, 0.3) is 10.0 Å². The smallest absolute Gasteiger partial charge is 0.261 e. The van der Waals surface area contributed by atoms with Gasteiger partial charge in [-0.2, -0.15) is 0 Å². The van der Waals surface area contributed by atoms with Gasteiger partial charge in [0, 0.05) is 18.8 Å². The fourth-order valence-corrected chi connectivity index (χ4v) is 3.51. The van der Waals surface area contributed by atoms with Gasteiger partial charge in [0.1, 0.15) is 5.82 Å². The van der Waals surface area contributed by atoms with Crippen molar-refractivity contribution in [2.75, 3.05) is 35.9 Å². The second-order valence-electron chi connectivity index (χ2n) is 5.22. The average molecular weight is 336 g/mol. The van der Waals surface area contributed by atoms with Crippen molar-refractivity contribution >= 4 is 21.4 Å². The van der Waals surface area contributed by atoms with Crippen LogP contribution in [0.1, 0.15) is 0 Å². The average Bonchev–Trinajstić information content (AvgIpc) is 2.55. The molecule has 2 aromatic rings. The molecule has 1 aliphatic rings. The minimum atomic E-state index is -3.74. The summed E-state index contributed by atoms with van der Waals surface area (Å²) >= 11 is 0. The van der Waals surface area contributed by atoms with Crippen molar-refractivity contribution in [2.45, 2.75) is 4.90 Å². The van der Waals surface area contributed by atoms with E-state index in [0.717, 1.165) is 0 Å². The maximum absolute atomic E-state index is 13.9. The van der Waals surface area contributed by atoms with Crippen LogP contribution in [0.4, 0.5) is 15.8 Å². The molecule has 1 aliphatic heterocycles. The summed E-state index contributed by atoms with van der Waals surface area (Å²) in [5, 5.41) is 0. The summed E-state index contributed by atoms with van der Waals surface area (Å²) in [5.41, 5.74) is 0.842. The molecule has 23 heavy (non-hydrogen) atoms. The number of nitrogens with one attached hydrogen (secondary N) is 1. The highest BCUT2D eigenvalue weighted by atomic mass is 32.2. The molecule has 1 fully saturated rings. The first-order chi connectivity index (χ1) is 11.0. The normalized spacial score (nSPS) is 15.4. The Balaban J connectivity index is 1.87. The molecule has 7 heteroatoms. The number of morpholine rings is 1. The van der Waals surface area contributed by atoms with Crippen LogP contribution in [0.2, 0.25) is 0 Å². The van der Waals surface area contributed by atoms with Crippen LogP contribution >= 0.6 is 0 Å². The molecule has 1 saturated heterocycles. The first-order valence-corrected chi connectivity index (χ1v) is 8.74. The summed E-state index contributed by atoms with van der Waals surface area (Å²) in [7, 11) is -3.74. The third-order valence-corrected chi connectivity index (χ3v) is 4.96. The number of nitrogens with zero attached hydrogens (tertiary/aromatic N) is 1. The maximum atomic E-state index is 13.9. The summed E-state index contributed by atoms with van der Waals surface area (Å²) in [6.07, 6.45) is 0. The molecule has 0 radical (unpaired) electrons. The van der Waals surface area contributed by atoms with Crippen molar-refractivity contribution < 1.29 is 17.5 Å². The van der Waals surface area contributed by atoms with E-state index < -0.39 is 15.8 Å². The zero-order valence-corrected chi connectivity index (χ0v) is 13.2. The quantitative estimate of drug-likeness (QED) is 0.932. The SMILES string of the molecule is O=S(=O)(Nc1cc(F)cc(N2CCOCC2)c1)c1ccccc1. The standard InChI is InChI=1S/C16H17FN2O3S/c17-13-10-14(12-15(11-13)19-6-8-22-9-7-19)18-23(20,21)16-4-2-1-3-5-16/h1-5,10-12,18H,6-9H2. The van der Waals surface area contributed by atoms with Crippen LogP contribution in [-0.2, 0) is 14.8 Å². The Labute approximate surface area is 134 Å². The summed E-state index contributed by atoms with van der Waals surface area (Å²) in [4.78, 5) is 2.10. The minimum absolute atomic E-state index is 0.136. The van der Waals surface area contributed by atoms with Gasteiger partial charge in [0.2, 0.25) is 0 Å². The van der Waals surface area contributed by atoms with Gasteiger partial charge in [-0.15, -0.1) is 0 Å². The lowest BCUT2D eigenvalue weighted by molar-refractivity contribution is 0.122. The fourth-order valence-electron chi connectivity index (χ4n) is 2.45. The molecule has 5 nitrogen and oxygen atoms in total.